The van der Waals surface area contributed by atoms with Crippen molar-refractivity contribution in [2.24, 2.45) is 16.8 Å². The number of aryl methyl sites for hydroxylation is 1. The van der Waals surface area contributed by atoms with Gasteiger partial charge in [0.2, 0.25) is 0 Å². The van der Waals surface area contributed by atoms with Crippen molar-refractivity contribution in [1.29, 1.82) is 0 Å². The lowest BCUT2D eigenvalue weighted by molar-refractivity contribution is -0.141. The molecule has 0 saturated heterocycles. The second kappa shape index (κ2) is 9.82. The number of allylic oxidation sites excluding steroid dienone is 1. The van der Waals surface area contributed by atoms with Gasteiger partial charge in [-0.3, -0.25) is 9.48 Å². The Bertz CT molecular complexity index is 1190. The predicted molar refractivity (Wildman–Crippen MR) is 133 cm³/mol. The molecular formula is C27H32F3N5O. The Morgan fingerprint density at radius 2 is 2.08 bits per heavy atom. The molecule has 6 nitrogen and oxygen atoms in total. The average molecular weight is 500 g/mol. The smallest absolute Gasteiger partial charge is 0.382 e. The minimum atomic E-state index is -4.50. The van der Waals surface area contributed by atoms with Crippen LogP contribution in [0.5, 0.6) is 0 Å². The number of alkyl halides is 3. The zero-order valence-electron chi connectivity index (χ0n) is 20.7. The fourth-order valence-corrected chi connectivity index (χ4v) is 5.24. The van der Waals surface area contributed by atoms with Crippen LogP contribution in [-0.2, 0) is 19.1 Å². The van der Waals surface area contributed by atoms with Crippen LogP contribution in [0.2, 0.25) is 0 Å². The Hall–Kier alpha value is -2.97. The first-order valence-corrected chi connectivity index (χ1v) is 12.9. The predicted octanol–water partition coefficient (Wildman–Crippen LogP) is 6.28. The van der Waals surface area contributed by atoms with Crippen molar-refractivity contribution in [2.45, 2.75) is 83.5 Å². The van der Waals surface area contributed by atoms with E-state index in [-0.39, 0.29) is 23.8 Å². The number of anilines is 1. The molecule has 1 amide bonds. The maximum absolute atomic E-state index is 13.5. The van der Waals surface area contributed by atoms with E-state index in [1.54, 1.807) is 23.2 Å². The standard InChI is InChI=1S/C27H32F3N5O/c1-3-35-15-21(25(34-35)18-8-9-18)26(36)31-14-17-5-4-6-19(12-17)32-23-13-24(27(28,29)30)33-22-10-7-16(2)11-20(22)23/h7,10,13-19H,3-6,8-9,11-12H2,1-2H3,(H,32,33)/b31-14+/t16?,17?,19-/m0/s1. The van der Waals surface area contributed by atoms with Gasteiger partial charge in [-0.05, 0) is 69.4 Å². The molecule has 3 aliphatic carbocycles. The molecule has 0 aromatic carbocycles. The zero-order valence-corrected chi connectivity index (χ0v) is 20.7. The molecule has 3 atom stereocenters. The molecule has 0 aliphatic heterocycles. The van der Waals surface area contributed by atoms with Gasteiger partial charge in [-0.1, -0.05) is 19.4 Å². The number of aromatic nitrogens is 3. The minimum Gasteiger partial charge on any atom is -0.382 e. The molecule has 2 fully saturated rings. The summed E-state index contributed by atoms with van der Waals surface area (Å²) in [7, 11) is 0. The Morgan fingerprint density at radius 1 is 1.28 bits per heavy atom. The number of fused-ring (bicyclic) bond motifs is 1. The van der Waals surface area contributed by atoms with E-state index in [0.717, 1.165) is 49.4 Å². The maximum Gasteiger partial charge on any atom is 0.433 e. The number of nitrogens with one attached hydrogen (secondary N) is 1. The quantitative estimate of drug-likeness (QED) is 0.475. The van der Waals surface area contributed by atoms with Crippen LogP contribution in [0, 0.1) is 11.8 Å². The third-order valence-electron chi connectivity index (χ3n) is 7.34. The summed E-state index contributed by atoms with van der Waals surface area (Å²) in [4.78, 5) is 21.0. The number of halogens is 3. The van der Waals surface area contributed by atoms with Gasteiger partial charge < -0.3 is 5.32 Å². The van der Waals surface area contributed by atoms with Crippen LogP contribution in [0.1, 0.15) is 91.3 Å². The van der Waals surface area contributed by atoms with Crippen molar-refractivity contribution < 1.29 is 18.0 Å². The molecule has 0 bridgehead atoms. The summed E-state index contributed by atoms with van der Waals surface area (Å²) >= 11 is 0. The summed E-state index contributed by atoms with van der Waals surface area (Å²) in [6.07, 6.45) is 8.79. The number of pyridine rings is 1. The van der Waals surface area contributed by atoms with Crippen molar-refractivity contribution in [3.63, 3.8) is 0 Å². The number of amides is 1. The Labute approximate surface area is 209 Å². The van der Waals surface area contributed by atoms with Crippen LogP contribution in [0.3, 0.4) is 0 Å². The van der Waals surface area contributed by atoms with Gasteiger partial charge >= 0.3 is 6.18 Å². The van der Waals surface area contributed by atoms with Crippen molar-refractivity contribution in [2.75, 3.05) is 5.32 Å². The molecule has 9 heteroatoms. The van der Waals surface area contributed by atoms with Gasteiger partial charge in [-0.25, -0.2) is 9.98 Å². The van der Waals surface area contributed by atoms with Crippen LogP contribution in [0.25, 0.3) is 6.08 Å². The monoisotopic (exact) mass is 499 g/mol. The molecular weight excluding hydrogens is 467 g/mol. The Morgan fingerprint density at radius 3 is 2.81 bits per heavy atom. The first kappa shape index (κ1) is 24.7. The van der Waals surface area contributed by atoms with Crippen LogP contribution in [0.15, 0.2) is 23.3 Å². The summed E-state index contributed by atoms with van der Waals surface area (Å²) in [5, 5.41) is 7.95. The first-order valence-electron chi connectivity index (χ1n) is 12.9. The highest BCUT2D eigenvalue weighted by atomic mass is 19.4. The first-order chi connectivity index (χ1) is 17.2. The number of rotatable bonds is 6. The number of hydrogen-bond donors (Lipinski definition) is 1. The second-order valence-electron chi connectivity index (χ2n) is 10.4. The van der Waals surface area contributed by atoms with Gasteiger partial charge in [-0.2, -0.15) is 18.3 Å². The highest BCUT2D eigenvalue weighted by Gasteiger charge is 2.35. The van der Waals surface area contributed by atoms with Crippen LogP contribution < -0.4 is 5.32 Å². The van der Waals surface area contributed by atoms with Gasteiger partial charge in [0.15, 0.2) is 0 Å². The van der Waals surface area contributed by atoms with E-state index in [9.17, 15) is 18.0 Å². The number of carbonyl (C=O) groups is 1. The third-order valence-corrected chi connectivity index (χ3v) is 7.34. The van der Waals surface area contributed by atoms with E-state index in [4.69, 9.17) is 0 Å². The van der Waals surface area contributed by atoms with Gasteiger partial charge in [0.25, 0.3) is 5.91 Å². The lowest BCUT2D eigenvalue weighted by Gasteiger charge is -2.30. The van der Waals surface area contributed by atoms with E-state index in [1.165, 1.54) is 0 Å². The number of hydrogen-bond acceptors (Lipinski definition) is 4. The lowest BCUT2D eigenvalue weighted by Crippen LogP contribution is -2.29. The molecule has 1 N–H and O–H groups in total. The summed E-state index contributed by atoms with van der Waals surface area (Å²) in [5.74, 6) is 0.432. The largest absolute Gasteiger partial charge is 0.433 e. The van der Waals surface area contributed by atoms with E-state index < -0.39 is 11.9 Å². The summed E-state index contributed by atoms with van der Waals surface area (Å²) in [5.41, 5.74) is 2.32. The van der Waals surface area contributed by atoms with E-state index in [0.29, 0.717) is 42.2 Å². The average Bonchev–Trinajstić information content (AvgIpc) is 3.60. The summed E-state index contributed by atoms with van der Waals surface area (Å²) < 4.78 is 42.3. The van der Waals surface area contributed by atoms with E-state index in [2.05, 4.69) is 20.4 Å². The summed E-state index contributed by atoms with van der Waals surface area (Å²) in [6.45, 7) is 4.74. The number of carbonyl (C=O) groups excluding carboxylic acids is 1. The fourth-order valence-electron chi connectivity index (χ4n) is 5.24. The maximum atomic E-state index is 13.5. The van der Waals surface area contributed by atoms with E-state index in [1.807, 2.05) is 19.9 Å². The Balaban J connectivity index is 1.30. The summed E-state index contributed by atoms with van der Waals surface area (Å²) in [6, 6.07) is 1.15. The van der Waals surface area contributed by atoms with Gasteiger partial charge in [0.05, 0.1) is 17.0 Å². The normalized spacial score (nSPS) is 24.2. The molecule has 2 saturated carbocycles. The molecule has 0 spiro atoms. The highest BCUT2D eigenvalue weighted by molar-refractivity contribution is 6.00. The molecule has 2 aromatic rings. The molecule has 5 rings (SSSR count). The molecule has 3 aliphatic rings. The van der Waals surface area contributed by atoms with E-state index >= 15 is 0 Å². The third kappa shape index (κ3) is 5.39. The molecule has 2 unspecified atom stereocenters. The number of nitrogens with zero attached hydrogens (tertiary/aromatic N) is 4. The van der Waals surface area contributed by atoms with Crippen LogP contribution in [0.4, 0.5) is 18.9 Å². The topological polar surface area (TPSA) is 72.2 Å². The van der Waals surface area contributed by atoms with Gasteiger partial charge in [-0.15, -0.1) is 0 Å². The van der Waals surface area contributed by atoms with Crippen molar-refractivity contribution in [3.05, 3.63) is 46.5 Å². The van der Waals surface area contributed by atoms with Crippen LogP contribution in [-0.4, -0.2) is 32.9 Å². The minimum absolute atomic E-state index is 0.00367. The highest BCUT2D eigenvalue weighted by Crippen LogP contribution is 2.41. The SMILES string of the molecule is CCn1cc(C(=O)/N=C/C2CCC[C@H](Nc3cc(C(F)(F)F)nc4c3CC(C)C=C4)C2)c(C2CC2)n1. The Kier molecular flexibility index (Phi) is 6.74. The zero-order chi connectivity index (χ0) is 25.4. The fraction of sp³-hybridized carbons (Fsp3) is 0.556. The number of aliphatic imine (C=N–C) groups is 1. The lowest BCUT2D eigenvalue weighted by atomic mass is 9.85. The molecule has 0 radical (unpaired) electrons. The second-order valence-corrected chi connectivity index (χ2v) is 10.4. The molecule has 192 valence electrons. The van der Waals surface area contributed by atoms with Crippen molar-refractivity contribution in [3.8, 4) is 0 Å². The molecule has 36 heavy (non-hydrogen) atoms. The molecule has 2 aromatic heterocycles. The van der Waals surface area contributed by atoms with Crippen LogP contribution >= 0.6 is 0 Å². The van der Waals surface area contributed by atoms with Gasteiger partial charge in [0.1, 0.15) is 5.69 Å². The van der Waals surface area contributed by atoms with Crippen molar-refractivity contribution in [1.82, 2.24) is 14.8 Å². The van der Waals surface area contributed by atoms with Gasteiger partial charge in [0, 0.05) is 42.2 Å². The van der Waals surface area contributed by atoms with Crippen molar-refractivity contribution >= 4 is 23.9 Å². The molecule has 2 heterocycles.